The second kappa shape index (κ2) is 3.98. The molecule has 16 heavy (non-hydrogen) atoms. The van der Waals surface area contributed by atoms with Crippen molar-refractivity contribution >= 4 is 11.8 Å². The number of hydrogen-bond acceptors (Lipinski definition) is 4. The molecule has 1 N–H and O–H groups in total. The van der Waals surface area contributed by atoms with Gasteiger partial charge in [0, 0.05) is 11.6 Å². The lowest BCUT2D eigenvalue weighted by atomic mass is 10.1. The number of ketones is 1. The second-order valence-corrected chi connectivity index (χ2v) is 3.08. The van der Waals surface area contributed by atoms with E-state index in [4.69, 9.17) is 5.11 Å². The van der Waals surface area contributed by atoms with Crippen molar-refractivity contribution in [2.75, 3.05) is 0 Å². The summed E-state index contributed by atoms with van der Waals surface area (Å²) < 4.78 is 4.66. The minimum atomic E-state index is -1.23. The Morgan fingerprint density at radius 3 is 2.44 bits per heavy atom. The lowest BCUT2D eigenvalue weighted by molar-refractivity contribution is 0.0685. The summed E-state index contributed by atoms with van der Waals surface area (Å²) in [4.78, 5) is 22.3. The summed E-state index contributed by atoms with van der Waals surface area (Å²) in [5, 5.41) is 11.9. The van der Waals surface area contributed by atoms with Crippen molar-refractivity contribution in [3.63, 3.8) is 0 Å². The maximum absolute atomic E-state index is 11.8. The molecule has 5 heteroatoms. The minimum Gasteiger partial charge on any atom is -0.476 e. The highest BCUT2D eigenvalue weighted by Gasteiger charge is 2.17. The fraction of sp³-hybridized carbons (Fsp3) is 0. The van der Waals surface area contributed by atoms with Crippen LogP contribution in [0.2, 0.25) is 0 Å². The smallest absolute Gasteiger partial charge is 0.358 e. The lowest BCUT2D eigenvalue weighted by Crippen LogP contribution is -1.99. The normalized spacial score (nSPS) is 10.0. The van der Waals surface area contributed by atoms with Gasteiger partial charge in [-0.3, -0.25) is 4.79 Å². The molecule has 5 nitrogen and oxygen atoms in total. The van der Waals surface area contributed by atoms with Crippen LogP contribution in [0.5, 0.6) is 0 Å². The van der Waals surface area contributed by atoms with Gasteiger partial charge in [0.1, 0.15) is 0 Å². The molecule has 1 aromatic heterocycles. The number of carboxylic acids is 1. The molecule has 2 aromatic rings. The van der Waals surface area contributed by atoms with E-state index in [1.165, 1.54) is 0 Å². The number of rotatable bonds is 3. The maximum atomic E-state index is 11.8. The van der Waals surface area contributed by atoms with E-state index >= 15 is 0 Å². The first kappa shape index (κ1) is 10.1. The summed E-state index contributed by atoms with van der Waals surface area (Å²) in [6.07, 6.45) is 0. The van der Waals surface area contributed by atoms with Crippen LogP contribution in [0.15, 0.2) is 40.9 Å². The van der Waals surface area contributed by atoms with Crippen molar-refractivity contribution < 1.29 is 19.2 Å². The zero-order valence-corrected chi connectivity index (χ0v) is 8.08. The Labute approximate surface area is 90.3 Å². The quantitative estimate of drug-likeness (QED) is 0.790. The van der Waals surface area contributed by atoms with Gasteiger partial charge in [-0.15, -0.1) is 0 Å². The molecule has 0 atom stereocenters. The highest BCUT2D eigenvalue weighted by molar-refractivity contribution is 6.07. The van der Waals surface area contributed by atoms with Gasteiger partial charge in [0.25, 0.3) is 0 Å². The van der Waals surface area contributed by atoms with Crippen molar-refractivity contribution in [3.8, 4) is 0 Å². The number of aromatic carboxylic acids is 1. The number of aromatic nitrogens is 1. The largest absolute Gasteiger partial charge is 0.476 e. The van der Waals surface area contributed by atoms with Crippen LogP contribution in [0.3, 0.4) is 0 Å². The number of carbonyl (C=O) groups is 2. The third-order valence-corrected chi connectivity index (χ3v) is 1.99. The fourth-order valence-corrected chi connectivity index (χ4v) is 1.21. The van der Waals surface area contributed by atoms with Crippen LogP contribution in [-0.4, -0.2) is 22.0 Å². The zero-order valence-electron chi connectivity index (χ0n) is 8.08. The second-order valence-electron chi connectivity index (χ2n) is 3.08. The third-order valence-electron chi connectivity index (χ3n) is 1.99. The first-order chi connectivity index (χ1) is 7.68. The number of nitrogens with zero attached hydrogens (tertiary/aromatic N) is 1. The molecule has 0 saturated carbocycles. The predicted molar refractivity (Wildman–Crippen MR) is 53.3 cm³/mol. The Balaban J connectivity index is 2.31. The van der Waals surface area contributed by atoms with Gasteiger partial charge in [0.15, 0.2) is 5.69 Å². The van der Waals surface area contributed by atoms with E-state index in [1.54, 1.807) is 30.3 Å². The van der Waals surface area contributed by atoms with Gasteiger partial charge < -0.3 is 9.63 Å². The number of carbonyl (C=O) groups excluding carboxylic acids is 1. The molecule has 0 radical (unpaired) electrons. The summed E-state index contributed by atoms with van der Waals surface area (Å²) in [6.45, 7) is 0. The molecule has 80 valence electrons. The molecule has 0 bridgehead atoms. The Morgan fingerprint density at radius 1 is 1.19 bits per heavy atom. The van der Waals surface area contributed by atoms with Crippen LogP contribution < -0.4 is 0 Å². The summed E-state index contributed by atoms with van der Waals surface area (Å²) in [7, 11) is 0. The fourth-order valence-electron chi connectivity index (χ4n) is 1.21. The molecule has 0 saturated heterocycles. The molecule has 0 unspecified atom stereocenters. The standard InChI is InChI=1S/C11H7NO4/c13-10(7-4-2-1-3-5-7)9-6-8(11(14)15)12-16-9/h1-6H,(H,14,15). The van der Waals surface area contributed by atoms with E-state index in [0.717, 1.165) is 6.07 Å². The third kappa shape index (κ3) is 1.83. The number of benzene rings is 1. The van der Waals surface area contributed by atoms with Crippen LogP contribution in [0.4, 0.5) is 0 Å². The van der Waals surface area contributed by atoms with E-state index < -0.39 is 5.97 Å². The molecular formula is C11H7NO4. The van der Waals surface area contributed by atoms with Gasteiger partial charge in [-0.05, 0) is 0 Å². The Hall–Kier alpha value is -2.43. The van der Waals surface area contributed by atoms with Crippen molar-refractivity contribution in [2.45, 2.75) is 0 Å². The van der Waals surface area contributed by atoms with Crippen molar-refractivity contribution in [2.24, 2.45) is 0 Å². The van der Waals surface area contributed by atoms with E-state index in [1.807, 2.05) is 0 Å². The molecular weight excluding hydrogens is 210 g/mol. The SMILES string of the molecule is O=C(O)c1cc(C(=O)c2ccccc2)on1. The van der Waals surface area contributed by atoms with Crippen molar-refractivity contribution in [1.29, 1.82) is 0 Å². The Bertz CT molecular complexity index is 530. The van der Waals surface area contributed by atoms with Crippen molar-refractivity contribution in [1.82, 2.24) is 5.16 Å². The number of carboxylic acid groups (broad SMARTS) is 1. The first-order valence-electron chi connectivity index (χ1n) is 4.48. The van der Waals surface area contributed by atoms with E-state index in [9.17, 15) is 9.59 Å². The molecule has 0 fully saturated rings. The molecule has 0 aliphatic rings. The van der Waals surface area contributed by atoms with E-state index in [0.29, 0.717) is 5.56 Å². The molecule has 2 rings (SSSR count). The van der Waals surface area contributed by atoms with Crippen LogP contribution in [0.25, 0.3) is 0 Å². The minimum absolute atomic E-state index is 0.0800. The average Bonchev–Trinajstić information content (AvgIpc) is 2.78. The number of hydrogen-bond donors (Lipinski definition) is 1. The summed E-state index contributed by atoms with van der Waals surface area (Å²) in [5.74, 6) is -1.69. The molecule has 0 spiro atoms. The topological polar surface area (TPSA) is 80.4 Å². The molecule has 0 aliphatic carbocycles. The highest BCUT2D eigenvalue weighted by atomic mass is 16.5. The van der Waals surface area contributed by atoms with Gasteiger partial charge in [-0.25, -0.2) is 4.79 Å². The van der Waals surface area contributed by atoms with Crippen LogP contribution in [0, 0.1) is 0 Å². The average molecular weight is 217 g/mol. The predicted octanol–water partition coefficient (Wildman–Crippen LogP) is 1.60. The first-order valence-corrected chi connectivity index (χ1v) is 4.48. The maximum Gasteiger partial charge on any atom is 0.358 e. The van der Waals surface area contributed by atoms with Gasteiger partial charge in [-0.2, -0.15) is 0 Å². The zero-order chi connectivity index (χ0) is 11.5. The summed E-state index contributed by atoms with van der Waals surface area (Å²) in [6, 6.07) is 9.54. The summed E-state index contributed by atoms with van der Waals surface area (Å²) >= 11 is 0. The molecule has 1 aromatic carbocycles. The Morgan fingerprint density at radius 2 is 1.88 bits per heavy atom. The van der Waals surface area contributed by atoms with Crippen LogP contribution in [-0.2, 0) is 0 Å². The highest BCUT2D eigenvalue weighted by Crippen LogP contribution is 2.10. The molecule has 1 heterocycles. The van der Waals surface area contributed by atoms with E-state index in [2.05, 4.69) is 9.68 Å². The van der Waals surface area contributed by atoms with Gasteiger partial charge in [0.2, 0.25) is 11.5 Å². The van der Waals surface area contributed by atoms with Crippen LogP contribution >= 0.6 is 0 Å². The van der Waals surface area contributed by atoms with Gasteiger partial charge in [0.05, 0.1) is 0 Å². The molecule has 0 amide bonds. The van der Waals surface area contributed by atoms with Gasteiger partial charge in [-0.1, -0.05) is 35.5 Å². The monoisotopic (exact) mass is 217 g/mol. The van der Waals surface area contributed by atoms with Crippen LogP contribution in [0.1, 0.15) is 26.6 Å². The molecule has 0 aliphatic heterocycles. The summed E-state index contributed by atoms with van der Waals surface area (Å²) in [5.41, 5.74) is 0.148. The van der Waals surface area contributed by atoms with Crippen molar-refractivity contribution in [3.05, 3.63) is 53.4 Å². The Kier molecular flexibility index (Phi) is 2.51. The lowest BCUT2D eigenvalue weighted by Gasteiger charge is -1.93. The van der Waals surface area contributed by atoms with Gasteiger partial charge >= 0.3 is 5.97 Å². The van der Waals surface area contributed by atoms with E-state index in [-0.39, 0.29) is 17.2 Å².